The van der Waals surface area contributed by atoms with Gasteiger partial charge in [-0.15, -0.1) is 0 Å². The van der Waals surface area contributed by atoms with Gasteiger partial charge in [0.05, 0.1) is 23.7 Å². The summed E-state index contributed by atoms with van der Waals surface area (Å²) in [5, 5.41) is 12.3. The average Bonchev–Trinajstić information content (AvgIpc) is 3.49. The standard InChI is InChI=1S/C33H33FN2O7/c1-32(2,3)43-31(40)36-13-12-33(18-36)16-26(28-25(34)14-19(29(37)38)15-27(28)42-33)35-30(39)41-17-24-22-10-6-4-8-20(22)21-9-5-7-11-23(21)24/h4-11,14-15,24,26H,12-13,16-18H2,1-3H3,(H,35,39)(H,37,38). The lowest BCUT2D eigenvalue weighted by atomic mass is 9.85. The van der Waals surface area contributed by atoms with Gasteiger partial charge in [-0.1, -0.05) is 48.5 Å². The van der Waals surface area contributed by atoms with Crippen LogP contribution >= 0.6 is 0 Å². The molecular weight excluding hydrogens is 555 g/mol. The first-order valence-corrected chi connectivity index (χ1v) is 14.3. The third-order valence-corrected chi connectivity index (χ3v) is 8.19. The van der Waals surface area contributed by atoms with E-state index < -0.39 is 41.2 Å². The first kappa shape index (κ1) is 28.5. The fourth-order valence-electron chi connectivity index (χ4n) is 6.37. The predicted molar refractivity (Wildman–Crippen MR) is 155 cm³/mol. The Balaban J connectivity index is 1.23. The van der Waals surface area contributed by atoms with Gasteiger partial charge < -0.3 is 29.5 Å². The molecule has 2 amide bonds. The summed E-state index contributed by atoms with van der Waals surface area (Å²) in [5.74, 6) is -2.26. The van der Waals surface area contributed by atoms with Gasteiger partial charge in [-0.25, -0.2) is 18.8 Å². The van der Waals surface area contributed by atoms with Crippen LogP contribution in [-0.4, -0.2) is 59.1 Å². The topological polar surface area (TPSA) is 114 Å². The van der Waals surface area contributed by atoms with E-state index in [0.29, 0.717) is 13.0 Å². The molecule has 224 valence electrons. The van der Waals surface area contributed by atoms with Gasteiger partial charge in [0.25, 0.3) is 0 Å². The number of likely N-dealkylation sites (tertiary alicyclic amines) is 1. The molecule has 2 atom stereocenters. The van der Waals surface area contributed by atoms with Gasteiger partial charge in [-0.2, -0.15) is 0 Å². The Morgan fingerprint density at radius 2 is 1.72 bits per heavy atom. The lowest BCUT2D eigenvalue weighted by Crippen LogP contribution is -2.48. The number of hydrogen-bond acceptors (Lipinski definition) is 6. The van der Waals surface area contributed by atoms with Crippen molar-refractivity contribution in [1.82, 2.24) is 10.2 Å². The highest BCUT2D eigenvalue weighted by Gasteiger charge is 2.49. The molecule has 1 saturated heterocycles. The molecule has 6 rings (SSSR count). The van der Waals surface area contributed by atoms with E-state index >= 15 is 4.39 Å². The van der Waals surface area contributed by atoms with Crippen LogP contribution < -0.4 is 10.1 Å². The van der Waals surface area contributed by atoms with Crippen LogP contribution in [-0.2, 0) is 9.47 Å². The number of nitrogens with one attached hydrogen (secondary N) is 1. The summed E-state index contributed by atoms with van der Waals surface area (Å²) >= 11 is 0. The SMILES string of the molecule is CC(C)(C)OC(=O)N1CCC2(CC(NC(=O)OCC3c4ccccc4-c4ccccc43)c3c(F)cc(C(=O)O)cc3O2)C1. The maximum Gasteiger partial charge on any atom is 0.410 e. The van der Waals surface area contributed by atoms with Crippen molar-refractivity contribution < 1.29 is 38.1 Å². The number of carbonyl (C=O) groups is 3. The van der Waals surface area contributed by atoms with E-state index in [1.165, 1.54) is 11.0 Å². The van der Waals surface area contributed by atoms with Crippen molar-refractivity contribution in [3.63, 3.8) is 0 Å². The number of halogens is 1. The number of alkyl carbamates (subject to hydrolysis) is 1. The van der Waals surface area contributed by atoms with E-state index in [1.807, 2.05) is 48.5 Å². The number of ether oxygens (including phenoxy) is 3. The first-order valence-electron chi connectivity index (χ1n) is 14.3. The molecule has 1 spiro atoms. The summed E-state index contributed by atoms with van der Waals surface area (Å²) in [6, 6.07) is 17.3. The number of amides is 2. The van der Waals surface area contributed by atoms with Crippen molar-refractivity contribution in [2.75, 3.05) is 19.7 Å². The molecule has 1 fully saturated rings. The second-order valence-electron chi connectivity index (χ2n) is 12.3. The Labute approximate surface area is 248 Å². The van der Waals surface area contributed by atoms with E-state index in [9.17, 15) is 19.5 Å². The quantitative estimate of drug-likeness (QED) is 0.369. The highest BCUT2D eigenvalue weighted by molar-refractivity contribution is 5.88. The number of nitrogens with zero attached hydrogens (tertiary/aromatic N) is 1. The van der Waals surface area contributed by atoms with Gasteiger partial charge in [0.2, 0.25) is 0 Å². The minimum absolute atomic E-state index is 0.0126. The molecule has 2 N–H and O–H groups in total. The van der Waals surface area contributed by atoms with Gasteiger partial charge >= 0.3 is 18.2 Å². The number of hydrogen-bond donors (Lipinski definition) is 2. The minimum atomic E-state index is -1.31. The maximum atomic E-state index is 15.4. The summed E-state index contributed by atoms with van der Waals surface area (Å²) in [4.78, 5) is 39.2. The Hall–Kier alpha value is -4.60. The molecule has 2 aliphatic heterocycles. The number of carbonyl (C=O) groups excluding carboxylic acids is 2. The molecule has 0 aromatic heterocycles. The molecule has 43 heavy (non-hydrogen) atoms. The second kappa shape index (κ2) is 10.6. The molecule has 3 aromatic carbocycles. The van der Waals surface area contributed by atoms with Crippen molar-refractivity contribution in [2.45, 2.75) is 56.8 Å². The van der Waals surface area contributed by atoms with Gasteiger partial charge in [0.1, 0.15) is 29.4 Å². The molecule has 2 unspecified atom stereocenters. The molecule has 9 nitrogen and oxygen atoms in total. The molecule has 0 bridgehead atoms. The smallest absolute Gasteiger partial charge is 0.410 e. The summed E-state index contributed by atoms with van der Waals surface area (Å²) in [6.45, 7) is 5.85. The molecular formula is C33H33FN2O7. The number of aromatic carboxylic acids is 1. The van der Waals surface area contributed by atoms with Crippen molar-refractivity contribution in [2.24, 2.45) is 0 Å². The van der Waals surface area contributed by atoms with Crippen LogP contribution in [0.25, 0.3) is 11.1 Å². The molecule has 3 aromatic rings. The number of benzene rings is 3. The van der Waals surface area contributed by atoms with Crippen LogP contribution in [0.5, 0.6) is 5.75 Å². The van der Waals surface area contributed by atoms with Crippen molar-refractivity contribution in [3.05, 3.63) is 88.7 Å². The minimum Gasteiger partial charge on any atom is -0.485 e. The number of carboxylic acid groups (broad SMARTS) is 1. The van der Waals surface area contributed by atoms with E-state index in [-0.39, 0.29) is 42.4 Å². The lowest BCUT2D eigenvalue weighted by molar-refractivity contribution is 0.0119. The number of carboxylic acids is 1. The summed E-state index contributed by atoms with van der Waals surface area (Å²) in [6.07, 6.45) is -0.718. The molecule has 10 heteroatoms. The second-order valence-corrected chi connectivity index (χ2v) is 12.3. The predicted octanol–water partition coefficient (Wildman–Crippen LogP) is 6.27. The van der Waals surface area contributed by atoms with Crippen LogP contribution in [0.1, 0.15) is 72.6 Å². The largest absolute Gasteiger partial charge is 0.485 e. The molecule has 0 radical (unpaired) electrons. The maximum absolute atomic E-state index is 15.4. The van der Waals surface area contributed by atoms with E-state index in [1.54, 1.807) is 20.8 Å². The van der Waals surface area contributed by atoms with Crippen LogP contribution in [0.2, 0.25) is 0 Å². The third kappa shape index (κ3) is 5.49. The first-order chi connectivity index (χ1) is 20.4. The highest BCUT2D eigenvalue weighted by atomic mass is 19.1. The number of fused-ring (bicyclic) bond motifs is 4. The third-order valence-electron chi connectivity index (χ3n) is 8.19. The van der Waals surface area contributed by atoms with Gasteiger partial charge in [0.15, 0.2) is 0 Å². The van der Waals surface area contributed by atoms with Crippen molar-refractivity contribution >= 4 is 18.2 Å². The van der Waals surface area contributed by atoms with E-state index in [2.05, 4.69) is 5.32 Å². The zero-order valence-corrected chi connectivity index (χ0v) is 24.2. The Kier molecular flexibility index (Phi) is 7.02. The molecule has 3 aliphatic rings. The van der Waals surface area contributed by atoms with Gasteiger partial charge in [-0.05, 0) is 55.2 Å². The summed E-state index contributed by atoms with van der Waals surface area (Å²) in [5.41, 5.74) is 2.39. The monoisotopic (exact) mass is 588 g/mol. The van der Waals surface area contributed by atoms with Crippen molar-refractivity contribution in [1.29, 1.82) is 0 Å². The van der Waals surface area contributed by atoms with Crippen LogP contribution in [0.3, 0.4) is 0 Å². The Morgan fingerprint density at radius 3 is 2.35 bits per heavy atom. The van der Waals surface area contributed by atoms with Crippen LogP contribution in [0.15, 0.2) is 60.7 Å². The highest BCUT2D eigenvalue weighted by Crippen LogP contribution is 2.47. The van der Waals surface area contributed by atoms with Crippen molar-refractivity contribution in [3.8, 4) is 16.9 Å². The van der Waals surface area contributed by atoms with E-state index in [4.69, 9.17) is 14.2 Å². The molecule has 1 aliphatic carbocycles. The Morgan fingerprint density at radius 1 is 1.07 bits per heavy atom. The summed E-state index contributed by atoms with van der Waals surface area (Å²) in [7, 11) is 0. The summed E-state index contributed by atoms with van der Waals surface area (Å²) < 4.78 is 32.9. The molecule has 2 heterocycles. The normalized spacial score (nSPS) is 20.6. The lowest BCUT2D eigenvalue weighted by Gasteiger charge is -2.40. The number of rotatable bonds is 4. The van der Waals surface area contributed by atoms with E-state index in [0.717, 1.165) is 28.3 Å². The van der Waals surface area contributed by atoms with Gasteiger partial charge in [0, 0.05) is 25.3 Å². The fourth-order valence-corrected chi connectivity index (χ4v) is 6.37. The van der Waals surface area contributed by atoms with Gasteiger partial charge in [-0.3, -0.25) is 0 Å². The average molecular weight is 589 g/mol. The zero-order chi connectivity index (χ0) is 30.5. The van der Waals surface area contributed by atoms with Crippen LogP contribution in [0, 0.1) is 5.82 Å². The zero-order valence-electron chi connectivity index (χ0n) is 24.2. The van der Waals surface area contributed by atoms with Crippen LogP contribution in [0.4, 0.5) is 14.0 Å². The fraction of sp³-hybridized carbons (Fsp3) is 0.364. The molecule has 0 saturated carbocycles. The Bertz CT molecular complexity index is 1570.